The molecule has 2 fully saturated rings. The molecule has 2 aromatic carbocycles. The molecule has 1 amide bonds. The number of anilines is 3. The number of rotatable bonds is 7. The first kappa shape index (κ1) is 29.1. The van der Waals surface area contributed by atoms with Crippen molar-refractivity contribution in [2.24, 2.45) is 0 Å². The molecule has 2 aliphatic rings. The number of carbonyl (C=O) groups excluding carboxylic acids is 1. The molecule has 0 bridgehead atoms. The van der Waals surface area contributed by atoms with Gasteiger partial charge in [-0.1, -0.05) is 12.1 Å². The molecule has 2 aromatic heterocycles. The van der Waals surface area contributed by atoms with Gasteiger partial charge in [-0.3, -0.25) is 24.3 Å². The zero-order valence-corrected chi connectivity index (χ0v) is 24.7. The van der Waals surface area contributed by atoms with Crippen LogP contribution < -0.4 is 20.5 Å². The van der Waals surface area contributed by atoms with E-state index in [1.165, 1.54) is 35.8 Å². The molecule has 13 heteroatoms. The molecule has 2 saturated heterocycles. The van der Waals surface area contributed by atoms with Crippen LogP contribution in [-0.2, 0) is 4.79 Å². The van der Waals surface area contributed by atoms with Crippen LogP contribution in [0.3, 0.4) is 0 Å². The molecule has 228 valence electrons. The van der Waals surface area contributed by atoms with E-state index in [0.717, 1.165) is 37.6 Å². The third kappa shape index (κ3) is 6.04. The molecule has 0 saturated carbocycles. The van der Waals surface area contributed by atoms with E-state index in [2.05, 4.69) is 39.3 Å². The van der Waals surface area contributed by atoms with Gasteiger partial charge in [0.1, 0.15) is 5.65 Å². The predicted molar refractivity (Wildman–Crippen MR) is 167 cm³/mol. The van der Waals surface area contributed by atoms with Crippen molar-refractivity contribution in [3.8, 4) is 11.5 Å². The number of likely N-dealkylation sites (tertiary alicyclic amines) is 1. The van der Waals surface area contributed by atoms with E-state index in [1.54, 1.807) is 17.2 Å². The highest BCUT2D eigenvalue weighted by Gasteiger charge is 2.28. The second-order valence-corrected chi connectivity index (χ2v) is 11.2. The van der Waals surface area contributed by atoms with Crippen LogP contribution in [0.1, 0.15) is 25.8 Å². The lowest BCUT2D eigenvalue weighted by molar-refractivity contribution is -0.385. The number of nitrogens with zero attached hydrogens (tertiary/aromatic N) is 7. The van der Waals surface area contributed by atoms with E-state index >= 15 is 0 Å². The number of para-hydroxylation sites is 2. The van der Waals surface area contributed by atoms with Crippen LogP contribution in [0, 0.1) is 10.1 Å². The molecule has 0 aliphatic carbocycles. The molecule has 0 spiro atoms. The van der Waals surface area contributed by atoms with Gasteiger partial charge in [0, 0.05) is 75.2 Å². The van der Waals surface area contributed by atoms with Gasteiger partial charge in [-0.25, -0.2) is 4.98 Å². The number of benzene rings is 2. The number of nitro groups is 1. The van der Waals surface area contributed by atoms with E-state index in [-0.39, 0.29) is 29.1 Å². The highest BCUT2D eigenvalue weighted by atomic mass is 16.6. The Morgan fingerprint density at radius 3 is 2.52 bits per heavy atom. The van der Waals surface area contributed by atoms with Crippen molar-refractivity contribution in [2.75, 3.05) is 56.5 Å². The summed E-state index contributed by atoms with van der Waals surface area (Å²) in [6.07, 6.45) is 2.95. The first-order chi connectivity index (χ1) is 21.3. The highest BCUT2D eigenvalue weighted by Crippen LogP contribution is 2.32. The maximum atomic E-state index is 14.0. The Balaban J connectivity index is 1.35. The van der Waals surface area contributed by atoms with Gasteiger partial charge in [-0.15, -0.1) is 0 Å². The number of likely N-dealkylation sites (N-methyl/N-ethyl adjacent to an activating group) is 1. The number of nitro benzene ring substituents is 1. The Hall–Kier alpha value is -5.04. The van der Waals surface area contributed by atoms with Crippen molar-refractivity contribution in [3.05, 3.63) is 81.3 Å². The summed E-state index contributed by atoms with van der Waals surface area (Å²) in [6, 6.07) is 15.1. The van der Waals surface area contributed by atoms with Crippen LogP contribution in [0.2, 0.25) is 0 Å². The van der Waals surface area contributed by atoms with Crippen molar-refractivity contribution in [2.45, 2.75) is 25.8 Å². The van der Waals surface area contributed by atoms with E-state index in [1.807, 2.05) is 12.1 Å². The topological polar surface area (TPSA) is 139 Å². The molecule has 4 heterocycles. The number of hydrogen-bond acceptors (Lipinski definition) is 10. The van der Waals surface area contributed by atoms with Crippen LogP contribution in [0.15, 0.2) is 65.6 Å². The molecule has 4 aromatic rings. The predicted octanol–water partition coefficient (Wildman–Crippen LogP) is 4.17. The number of piperidine rings is 1. The fraction of sp³-hybridized carbons (Fsp3) is 0.355. The summed E-state index contributed by atoms with van der Waals surface area (Å²) in [4.78, 5) is 52.9. The molecule has 1 atom stereocenters. The van der Waals surface area contributed by atoms with E-state index < -0.39 is 10.5 Å². The number of amides is 1. The van der Waals surface area contributed by atoms with Gasteiger partial charge in [0.25, 0.3) is 5.56 Å². The Morgan fingerprint density at radius 1 is 1.05 bits per heavy atom. The SMILES string of the molecule is CC(=O)N1CCCC(n2c(=O)c(Oc3ccccc3[N+](=O)[O-])cc3cnc(Nc4ccc(N5CCN(C)CC5)cc4)nc32)C1. The zero-order chi connectivity index (χ0) is 30.8. The van der Waals surface area contributed by atoms with Crippen molar-refractivity contribution < 1.29 is 14.5 Å². The second kappa shape index (κ2) is 12.3. The van der Waals surface area contributed by atoms with Crippen LogP contribution >= 0.6 is 0 Å². The summed E-state index contributed by atoms with van der Waals surface area (Å²) >= 11 is 0. The largest absolute Gasteiger partial charge is 0.444 e. The zero-order valence-electron chi connectivity index (χ0n) is 24.7. The third-order valence-corrected chi connectivity index (χ3v) is 8.22. The van der Waals surface area contributed by atoms with Crippen molar-refractivity contribution >= 4 is 40.0 Å². The Kier molecular flexibility index (Phi) is 8.11. The number of carbonyl (C=O) groups is 1. The smallest absolute Gasteiger partial charge is 0.311 e. The third-order valence-electron chi connectivity index (χ3n) is 8.22. The lowest BCUT2D eigenvalue weighted by atomic mass is 10.0. The number of piperazine rings is 1. The molecule has 6 rings (SSSR count). The summed E-state index contributed by atoms with van der Waals surface area (Å²) in [6.45, 7) is 6.44. The van der Waals surface area contributed by atoms with Gasteiger partial charge >= 0.3 is 5.69 Å². The minimum absolute atomic E-state index is 0.0475. The normalized spacial score (nSPS) is 17.5. The Bertz CT molecular complexity index is 1750. The number of pyridine rings is 1. The maximum Gasteiger partial charge on any atom is 0.311 e. The number of hydrogen-bond donors (Lipinski definition) is 1. The van der Waals surface area contributed by atoms with Gasteiger partial charge in [0.15, 0.2) is 5.75 Å². The maximum absolute atomic E-state index is 14.0. The van der Waals surface area contributed by atoms with Crippen molar-refractivity contribution in [1.29, 1.82) is 0 Å². The van der Waals surface area contributed by atoms with Crippen molar-refractivity contribution in [1.82, 2.24) is 24.3 Å². The van der Waals surface area contributed by atoms with Crippen LogP contribution in [-0.4, -0.2) is 81.5 Å². The standard InChI is InChI=1S/C31H34N8O5/c1-21(40)37-13-5-6-25(20-37)38-29-22(18-28(30(38)41)44-27-8-4-3-7-26(27)39(42)43)19-32-31(34-29)33-23-9-11-24(12-10-23)36-16-14-35(2)15-17-36/h3-4,7-12,18-19,25H,5-6,13-17,20H2,1-2H3,(H,32,33,34). The van der Waals surface area contributed by atoms with Crippen LogP contribution in [0.5, 0.6) is 11.5 Å². The van der Waals surface area contributed by atoms with E-state index in [4.69, 9.17) is 9.72 Å². The first-order valence-corrected chi connectivity index (χ1v) is 14.7. The second-order valence-electron chi connectivity index (χ2n) is 11.2. The molecule has 1 N–H and O–H groups in total. The molecular weight excluding hydrogens is 564 g/mol. The monoisotopic (exact) mass is 598 g/mol. The number of nitrogens with one attached hydrogen (secondary N) is 1. The van der Waals surface area contributed by atoms with Gasteiger partial charge in [0.2, 0.25) is 17.6 Å². The average Bonchev–Trinajstić information content (AvgIpc) is 3.02. The van der Waals surface area contributed by atoms with Gasteiger partial charge < -0.3 is 24.8 Å². The minimum atomic E-state index is -0.556. The highest BCUT2D eigenvalue weighted by molar-refractivity contribution is 5.78. The fourth-order valence-corrected chi connectivity index (χ4v) is 5.78. The first-order valence-electron chi connectivity index (χ1n) is 14.7. The molecule has 2 aliphatic heterocycles. The summed E-state index contributed by atoms with van der Waals surface area (Å²) in [5.41, 5.74) is 1.58. The minimum Gasteiger partial charge on any atom is -0.444 e. The quantitative estimate of drug-likeness (QED) is 0.244. The summed E-state index contributed by atoms with van der Waals surface area (Å²) in [5, 5.41) is 15.4. The number of aromatic nitrogens is 3. The lowest BCUT2D eigenvalue weighted by Crippen LogP contribution is -2.44. The Morgan fingerprint density at radius 2 is 1.80 bits per heavy atom. The van der Waals surface area contributed by atoms with Gasteiger partial charge in [-0.2, -0.15) is 4.98 Å². The molecular formula is C31H34N8O5. The van der Waals surface area contributed by atoms with Gasteiger partial charge in [0.05, 0.1) is 11.0 Å². The lowest BCUT2D eigenvalue weighted by Gasteiger charge is -2.34. The number of fused-ring (bicyclic) bond motifs is 1. The van der Waals surface area contributed by atoms with E-state index in [0.29, 0.717) is 42.9 Å². The molecule has 44 heavy (non-hydrogen) atoms. The molecule has 13 nitrogen and oxygen atoms in total. The number of ether oxygens (including phenoxy) is 1. The van der Waals surface area contributed by atoms with Gasteiger partial charge in [-0.05, 0) is 56.3 Å². The fourth-order valence-electron chi connectivity index (χ4n) is 5.78. The summed E-state index contributed by atoms with van der Waals surface area (Å²) < 4.78 is 7.41. The van der Waals surface area contributed by atoms with Crippen LogP contribution in [0.4, 0.5) is 23.0 Å². The summed E-state index contributed by atoms with van der Waals surface area (Å²) in [5.74, 6) is 0.102. The molecule has 0 radical (unpaired) electrons. The van der Waals surface area contributed by atoms with Crippen LogP contribution in [0.25, 0.3) is 11.0 Å². The molecule has 1 unspecified atom stereocenters. The van der Waals surface area contributed by atoms with E-state index in [9.17, 15) is 19.7 Å². The average molecular weight is 599 g/mol. The van der Waals surface area contributed by atoms with Crippen molar-refractivity contribution in [3.63, 3.8) is 0 Å². The Labute approximate surface area is 253 Å². The summed E-state index contributed by atoms with van der Waals surface area (Å²) in [7, 11) is 2.13.